The number of anilines is 1. The smallest absolute Gasteiger partial charge is 0.319 e. The van der Waals surface area contributed by atoms with Gasteiger partial charge >= 0.3 is 6.01 Å². The predicted molar refractivity (Wildman–Crippen MR) is 254 cm³/mol. The second-order valence-corrected chi connectivity index (χ2v) is 19.3. The van der Waals surface area contributed by atoms with Gasteiger partial charge in [0, 0.05) is 59.2 Å². The van der Waals surface area contributed by atoms with E-state index in [4.69, 9.17) is 22.0 Å². The van der Waals surface area contributed by atoms with E-state index < -0.39 is 6.04 Å². The van der Waals surface area contributed by atoms with Gasteiger partial charge in [-0.3, -0.25) is 35.2 Å². The number of nitrogens with one attached hydrogen (secondary N) is 3. The molecule has 0 aliphatic carbocycles. The molecule has 2 atom stereocenters. The summed E-state index contributed by atoms with van der Waals surface area (Å²) in [7, 11) is 0. The number of hydrogen-bond donors (Lipinski definition) is 6. The molecule has 2 aromatic heterocycles. The molecule has 5 heterocycles. The third-order valence-corrected chi connectivity index (χ3v) is 14.3. The molecule has 0 radical (unpaired) electrons. The molecule has 2 fully saturated rings. The number of carbonyl (C=O) groups excluding carboxylic acids is 2. The number of phenolic OH excluding ortho intramolecular Hbond substituents is 2. The van der Waals surface area contributed by atoms with Crippen LogP contribution in [-0.4, -0.2) is 108 Å². The maximum atomic E-state index is 13.7. The summed E-state index contributed by atoms with van der Waals surface area (Å²) < 4.78 is 1.46. The fraction of sp³-hybridized carbons (Fsp3) is 0.396. The Hall–Kier alpha value is -6.10. The van der Waals surface area contributed by atoms with E-state index in [9.17, 15) is 30.3 Å². The Labute approximate surface area is 387 Å². The normalized spacial score (nSPS) is 18.2. The van der Waals surface area contributed by atoms with Crippen molar-refractivity contribution in [3.05, 3.63) is 98.4 Å². The molecule has 2 amide bonds. The van der Waals surface area contributed by atoms with E-state index in [2.05, 4.69) is 20.4 Å². The number of piperidine rings is 1. The molecular weight excluding hydrogens is 864 g/mol. The summed E-state index contributed by atoms with van der Waals surface area (Å²) >= 11 is 7.75. The van der Waals surface area contributed by atoms with Crippen molar-refractivity contribution in [3.63, 3.8) is 0 Å². The van der Waals surface area contributed by atoms with Crippen LogP contribution < -0.4 is 10.2 Å². The minimum absolute atomic E-state index is 0.00705. The highest BCUT2D eigenvalue weighted by molar-refractivity contribution is 7.17. The number of thiophene rings is 1. The Bertz CT molecular complexity index is 2670. The topological polar surface area (TPSA) is 207 Å². The molecule has 17 heteroatoms. The molecule has 2 saturated heterocycles. The maximum Gasteiger partial charge on any atom is 0.319 e. The number of phenols is 2. The quantitative estimate of drug-likeness (QED) is 0.0564. The number of aliphatic imine (C=N–C) groups is 1. The summed E-state index contributed by atoms with van der Waals surface area (Å²) in [5.41, 5.74) is 6.05. The van der Waals surface area contributed by atoms with Crippen LogP contribution in [0.2, 0.25) is 5.02 Å². The molecular formula is C48H55ClN10O5S. The number of rotatable bonds is 11. The van der Waals surface area contributed by atoms with Gasteiger partial charge in [0.1, 0.15) is 34.2 Å². The molecule has 15 nitrogen and oxygen atoms in total. The maximum absolute atomic E-state index is 13.7. The zero-order valence-corrected chi connectivity index (χ0v) is 38.8. The van der Waals surface area contributed by atoms with E-state index in [0.717, 1.165) is 64.5 Å². The van der Waals surface area contributed by atoms with Crippen molar-refractivity contribution in [1.29, 1.82) is 10.8 Å². The first-order valence-corrected chi connectivity index (χ1v) is 23.2. The lowest BCUT2D eigenvalue weighted by atomic mass is 9.95. The highest BCUT2D eigenvalue weighted by atomic mass is 35.5. The number of carbonyl (C=O) groups is 2. The summed E-state index contributed by atoms with van der Waals surface area (Å²) in [5.74, 6) is 0.306. The highest BCUT2D eigenvalue weighted by Crippen LogP contribution is 2.41. The lowest BCUT2D eigenvalue weighted by Gasteiger charge is -2.33. The average Bonchev–Trinajstić information content (AvgIpc) is 3.97. The average molecular weight is 920 g/mol. The van der Waals surface area contributed by atoms with Crippen LogP contribution in [0.15, 0.2) is 65.7 Å². The minimum atomic E-state index is -0.818. The monoisotopic (exact) mass is 918 g/mol. The fourth-order valence-corrected chi connectivity index (χ4v) is 10.5. The van der Waals surface area contributed by atoms with Crippen LogP contribution >= 0.6 is 22.9 Å². The summed E-state index contributed by atoms with van der Waals surface area (Å²) in [5, 5.41) is 61.9. The van der Waals surface area contributed by atoms with Gasteiger partial charge in [-0.25, -0.2) is 4.57 Å². The largest absolute Gasteiger partial charge is 0.508 e. The van der Waals surface area contributed by atoms with Gasteiger partial charge < -0.3 is 25.5 Å². The van der Waals surface area contributed by atoms with E-state index in [0.29, 0.717) is 53.7 Å². The van der Waals surface area contributed by atoms with E-state index in [1.54, 1.807) is 30.0 Å². The number of likely N-dealkylation sites (tertiary alicyclic amines) is 2. The second-order valence-electron chi connectivity index (χ2n) is 17.7. The van der Waals surface area contributed by atoms with Gasteiger partial charge in [0.2, 0.25) is 11.8 Å². The van der Waals surface area contributed by atoms with Crippen LogP contribution in [0.25, 0.3) is 17.1 Å². The number of amidine groups is 2. The van der Waals surface area contributed by atoms with Gasteiger partial charge in [-0.1, -0.05) is 54.8 Å². The predicted octanol–water partition coefficient (Wildman–Crippen LogP) is 7.77. The second kappa shape index (κ2) is 18.8. The first-order chi connectivity index (χ1) is 31.1. The highest BCUT2D eigenvalue weighted by Gasteiger charge is 2.36. The number of hydrogen-bond acceptors (Lipinski definition) is 12. The van der Waals surface area contributed by atoms with Crippen LogP contribution in [0.4, 0.5) is 5.00 Å². The zero-order valence-electron chi connectivity index (χ0n) is 37.2. The molecule has 2 unspecified atom stereocenters. The number of halogens is 1. The number of aromatic hydroxyl groups is 3. The zero-order chi connectivity index (χ0) is 46.3. The number of aromatic nitrogens is 3. The van der Waals surface area contributed by atoms with Crippen molar-refractivity contribution in [1.82, 2.24) is 29.9 Å². The molecule has 5 aromatic rings. The number of fused-ring (bicyclic) bond motifs is 1. The molecule has 0 bridgehead atoms. The third-order valence-electron chi connectivity index (χ3n) is 12.9. The molecule has 0 spiro atoms. The minimum Gasteiger partial charge on any atom is -0.508 e. The molecule has 3 aliphatic rings. The molecule has 65 heavy (non-hydrogen) atoms. The number of benzene rings is 3. The van der Waals surface area contributed by atoms with Crippen molar-refractivity contribution in [2.45, 2.75) is 78.8 Å². The van der Waals surface area contributed by atoms with Gasteiger partial charge in [0.15, 0.2) is 5.82 Å². The molecule has 0 saturated carbocycles. The van der Waals surface area contributed by atoms with Crippen LogP contribution in [0.5, 0.6) is 17.5 Å². The van der Waals surface area contributed by atoms with Crippen LogP contribution in [0, 0.1) is 36.5 Å². The van der Waals surface area contributed by atoms with Crippen molar-refractivity contribution < 1.29 is 24.9 Å². The van der Waals surface area contributed by atoms with E-state index in [1.807, 2.05) is 69.0 Å². The van der Waals surface area contributed by atoms with Crippen molar-refractivity contribution in [2.75, 3.05) is 37.6 Å². The van der Waals surface area contributed by atoms with Gasteiger partial charge in [0.05, 0.1) is 23.4 Å². The number of nitrogens with zero attached hydrogens (tertiary/aromatic N) is 7. The molecule has 340 valence electrons. The third kappa shape index (κ3) is 9.38. The van der Waals surface area contributed by atoms with Crippen molar-refractivity contribution in [3.8, 4) is 34.6 Å². The Morgan fingerprint density at radius 2 is 1.66 bits per heavy atom. The van der Waals surface area contributed by atoms with Crippen LogP contribution in [0.3, 0.4) is 0 Å². The lowest BCUT2D eigenvalue weighted by molar-refractivity contribution is -0.136. The summed E-state index contributed by atoms with van der Waals surface area (Å²) in [6, 6.07) is 16.9. The Morgan fingerprint density at radius 1 is 0.954 bits per heavy atom. The summed E-state index contributed by atoms with van der Waals surface area (Å²) in [4.78, 5) is 39.3. The number of amides is 2. The fourth-order valence-electron chi connectivity index (χ4n) is 9.12. The Morgan fingerprint density at radius 3 is 2.34 bits per heavy atom. The van der Waals surface area contributed by atoms with Crippen LogP contribution in [0.1, 0.15) is 85.1 Å². The Kier molecular flexibility index (Phi) is 13.1. The first kappa shape index (κ1) is 45.5. The van der Waals surface area contributed by atoms with Crippen molar-refractivity contribution in [2.24, 2.45) is 16.8 Å². The standard InChI is InChI=1S/C48H55ClN10O5S/c1-26(2)36-20-37(40(61)22-39(36)60)45-54-55-48(64)59(45)35-12-6-30(7-13-35)24-56-17-15-33(16-18-56)46(63)57-19-14-31(25-57)23-52-41(62)21-38-44(51)58(29(5)50)47-42(27(3)28(4)65-47)43(53-38)32-8-10-34(49)11-9-32/h6-13,20,22,26,31,33,38,50-51,60-61H,14-19,21,23-25H2,1-5H3,(H,52,62)(H,55,64). The van der Waals surface area contributed by atoms with E-state index in [-0.39, 0.29) is 71.0 Å². The summed E-state index contributed by atoms with van der Waals surface area (Å²) in [6.07, 6.45) is 2.25. The molecule has 6 N–H and O–H groups in total. The molecule has 3 aromatic carbocycles. The Balaban J connectivity index is 0.836. The summed E-state index contributed by atoms with van der Waals surface area (Å²) in [6.45, 7) is 13.5. The first-order valence-electron chi connectivity index (χ1n) is 22.0. The van der Waals surface area contributed by atoms with Gasteiger partial charge in [-0.05, 0) is 112 Å². The van der Waals surface area contributed by atoms with Gasteiger partial charge in [-0.2, -0.15) is 0 Å². The van der Waals surface area contributed by atoms with Gasteiger partial charge in [-0.15, -0.1) is 16.4 Å². The van der Waals surface area contributed by atoms with Crippen molar-refractivity contribution >= 4 is 57.1 Å². The van der Waals surface area contributed by atoms with Crippen LogP contribution in [-0.2, 0) is 16.1 Å². The lowest BCUT2D eigenvalue weighted by Crippen LogP contribution is -2.43. The SMILES string of the molecule is CC(=N)N1C(=N)C(CC(=O)NCC2CCN(C(=O)C3CCN(Cc4ccc(-n5c(O)nnc5-c5cc(C(C)C)c(O)cc5O)cc4)CC3)C2)N=C(c2ccc(Cl)cc2)c2c1sc(C)c2C. The van der Waals surface area contributed by atoms with Gasteiger partial charge in [0.25, 0.3) is 0 Å². The van der Waals surface area contributed by atoms with E-state index >= 15 is 0 Å². The van der Waals surface area contributed by atoms with E-state index in [1.165, 1.54) is 22.0 Å². The number of aryl methyl sites for hydroxylation is 1. The molecule has 8 rings (SSSR count). The molecule has 3 aliphatic heterocycles.